The van der Waals surface area contributed by atoms with Crippen LogP contribution >= 0.6 is 0 Å². The molecule has 1 saturated carbocycles. The van der Waals surface area contributed by atoms with E-state index in [0.29, 0.717) is 18.9 Å². The van der Waals surface area contributed by atoms with Gasteiger partial charge in [-0.2, -0.15) is 5.10 Å². The number of nitrogens with zero attached hydrogens (tertiary/aromatic N) is 3. The van der Waals surface area contributed by atoms with Crippen LogP contribution in [0.3, 0.4) is 0 Å². The summed E-state index contributed by atoms with van der Waals surface area (Å²) in [4.78, 5) is 14.4. The van der Waals surface area contributed by atoms with E-state index in [0.717, 1.165) is 56.9 Å². The smallest absolute Gasteiger partial charge is 0.220 e. The first-order valence-electron chi connectivity index (χ1n) is 9.90. The topological polar surface area (TPSA) is 59.4 Å². The van der Waals surface area contributed by atoms with Crippen LogP contribution in [0.1, 0.15) is 42.6 Å². The Morgan fingerprint density at radius 3 is 3.00 bits per heavy atom. The number of benzene rings is 1. The van der Waals surface area contributed by atoms with Crippen molar-refractivity contribution in [1.82, 2.24) is 20.0 Å². The third-order valence-electron chi connectivity index (χ3n) is 5.23. The SMILES string of the molecule is COc1cccc(CN2CCCn3nc(CCC(=O)NC4CC4)cc3C2)c1. The second-order valence-electron chi connectivity index (χ2n) is 7.61. The highest BCUT2D eigenvalue weighted by atomic mass is 16.5. The van der Waals surface area contributed by atoms with Gasteiger partial charge in [0.05, 0.1) is 18.5 Å². The van der Waals surface area contributed by atoms with Gasteiger partial charge in [-0.25, -0.2) is 0 Å². The Kier molecular flexibility index (Phi) is 5.43. The first-order chi connectivity index (χ1) is 13.2. The van der Waals surface area contributed by atoms with E-state index in [9.17, 15) is 4.79 Å². The molecule has 144 valence electrons. The van der Waals surface area contributed by atoms with E-state index >= 15 is 0 Å². The molecule has 4 rings (SSSR count). The number of carbonyl (C=O) groups excluding carboxylic acids is 1. The molecule has 1 aromatic carbocycles. The number of amides is 1. The first kappa shape index (κ1) is 18.0. The second-order valence-corrected chi connectivity index (χ2v) is 7.61. The number of hydrogen-bond donors (Lipinski definition) is 1. The Hall–Kier alpha value is -2.34. The largest absolute Gasteiger partial charge is 0.497 e. The summed E-state index contributed by atoms with van der Waals surface area (Å²) >= 11 is 0. The number of ether oxygens (including phenoxy) is 1. The van der Waals surface area contributed by atoms with Gasteiger partial charge in [0.15, 0.2) is 0 Å². The van der Waals surface area contributed by atoms with Crippen LogP contribution in [0.4, 0.5) is 0 Å². The molecule has 2 aromatic rings. The molecular formula is C21H28N4O2. The fraction of sp³-hybridized carbons (Fsp3) is 0.524. The van der Waals surface area contributed by atoms with Crippen LogP contribution in [0.15, 0.2) is 30.3 Å². The molecule has 0 saturated heterocycles. The molecule has 2 heterocycles. The van der Waals surface area contributed by atoms with Gasteiger partial charge in [-0.3, -0.25) is 14.4 Å². The molecule has 0 spiro atoms. The quantitative estimate of drug-likeness (QED) is 0.816. The van der Waals surface area contributed by atoms with Crippen molar-refractivity contribution >= 4 is 5.91 Å². The lowest BCUT2D eigenvalue weighted by Gasteiger charge is -2.19. The fourth-order valence-electron chi connectivity index (χ4n) is 3.64. The van der Waals surface area contributed by atoms with Crippen molar-refractivity contribution in [3.05, 3.63) is 47.3 Å². The van der Waals surface area contributed by atoms with Crippen molar-refractivity contribution in [2.75, 3.05) is 13.7 Å². The molecule has 1 amide bonds. The summed E-state index contributed by atoms with van der Waals surface area (Å²) < 4.78 is 7.46. The molecule has 27 heavy (non-hydrogen) atoms. The maximum atomic E-state index is 11.9. The van der Waals surface area contributed by atoms with Crippen LogP contribution in [-0.4, -0.2) is 40.3 Å². The van der Waals surface area contributed by atoms with Gasteiger partial charge in [-0.05, 0) is 43.0 Å². The summed E-state index contributed by atoms with van der Waals surface area (Å²) in [6, 6.07) is 10.9. The molecule has 1 aromatic heterocycles. The molecule has 0 radical (unpaired) electrons. The highest BCUT2D eigenvalue weighted by molar-refractivity contribution is 5.76. The van der Waals surface area contributed by atoms with E-state index in [4.69, 9.17) is 9.84 Å². The van der Waals surface area contributed by atoms with Crippen LogP contribution in [0.2, 0.25) is 0 Å². The van der Waals surface area contributed by atoms with Gasteiger partial charge in [-0.1, -0.05) is 12.1 Å². The van der Waals surface area contributed by atoms with Gasteiger partial charge in [0.1, 0.15) is 5.75 Å². The minimum Gasteiger partial charge on any atom is -0.497 e. The zero-order valence-corrected chi connectivity index (χ0v) is 16.0. The van der Waals surface area contributed by atoms with Crippen LogP contribution < -0.4 is 10.1 Å². The normalized spacial score (nSPS) is 17.2. The zero-order chi connectivity index (χ0) is 18.6. The second kappa shape index (κ2) is 8.13. The van der Waals surface area contributed by atoms with Gasteiger partial charge < -0.3 is 10.1 Å². The number of aryl methyl sites for hydroxylation is 2. The molecule has 1 fully saturated rings. The number of methoxy groups -OCH3 is 1. The monoisotopic (exact) mass is 368 g/mol. The predicted molar refractivity (Wildman–Crippen MR) is 103 cm³/mol. The number of carbonyl (C=O) groups is 1. The summed E-state index contributed by atoms with van der Waals surface area (Å²) in [6.45, 7) is 3.79. The van der Waals surface area contributed by atoms with E-state index in [2.05, 4.69) is 33.1 Å². The standard InChI is InChI=1S/C21H28N4O2/c1-27-20-5-2-4-16(12-20)14-24-10-3-11-25-19(15-24)13-18(23-25)8-9-21(26)22-17-6-7-17/h2,4-5,12-13,17H,3,6-11,14-15H2,1H3,(H,22,26). The summed E-state index contributed by atoms with van der Waals surface area (Å²) in [7, 11) is 1.70. The number of aromatic nitrogens is 2. The van der Waals surface area contributed by atoms with Crippen LogP contribution in [0.5, 0.6) is 5.75 Å². The lowest BCUT2D eigenvalue weighted by Crippen LogP contribution is -2.25. The van der Waals surface area contributed by atoms with Gasteiger partial charge >= 0.3 is 0 Å². The Morgan fingerprint density at radius 1 is 1.30 bits per heavy atom. The Balaban J connectivity index is 1.36. The van der Waals surface area contributed by atoms with E-state index in [1.54, 1.807) is 7.11 Å². The summed E-state index contributed by atoms with van der Waals surface area (Å²) in [5, 5.41) is 7.78. The van der Waals surface area contributed by atoms with Crippen LogP contribution in [-0.2, 0) is 30.8 Å². The van der Waals surface area contributed by atoms with Crippen molar-refractivity contribution < 1.29 is 9.53 Å². The predicted octanol–water partition coefficient (Wildman–Crippen LogP) is 2.51. The molecule has 0 unspecified atom stereocenters. The molecular weight excluding hydrogens is 340 g/mol. The molecule has 0 atom stereocenters. The van der Waals surface area contributed by atoms with Gasteiger partial charge in [0, 0.05) is 45.1 Å². The Labute approximate surface area is 160 Å². The summed E-state index contributed by atoms with van der Waals surface area (Å²) in [5.74, 6) is 1.06. The van der Waals surface area contributed by atoms with E-state index in [1.165, 1.54) is 11.3 Å². The minimum atomic E-state index is 0.153. The van der Waals surface area contributed by atoms with E-state index < -0.39 is 0 Å². The average molecular weight is 368 g/mol. The average Bonchev–Trinajstić information content (AvgIpc) is 3.43. The highest BCUT2D eigenvalue weighted by Crippen LogP contribution is 2.20. The third kappa shape index (κ3) is 4.89. The molecule has 1 N–H and O–H groups in total. The highest BCUT2D eigenvalue weighted by Gasteiger charge is 2.23. The Bertz CT molecular complexity index is 797. The van der Waals surface area contributed by atoms with Crippen molar-refractivity contribution in [2.45, 2.75) is 57.8 Å². The number of hydrogen-bond acceptors (Lipinski definition) is 4. The lowest BCUT2D eigenvalue weighted by molar-refractivity contribution is -0.121. The maximum absolute atomic E-state index is 11.9. The van der Waals surface area contributed by atoms with Gasteiger partial charge in [0.25, 0.3) is 0 Å². The lowest BCUT2D eigenvalue weighted by atomic mass is 10.2. The van der Waals surface area contributed by atoms with Crippen LogP contribution in [0, 0.1) is 0 Å². The van der Waals surface area contributed by atoms with E-state index in [-0.39, 0.29) is 5.91 Å². The molecule has 1 aliphatic heterocycles. The number of fused-ring (bicyclic) bond motifs is 1. The van der Waals surface area contributed by atoms with Crippen molar-refractivity contribution in [3.63, 3.8) is 0 Å². The molecule has 6 nitrogen and oxygen atoms in total. The van der Waals surface area contributed by atoms with Crippen molar-refractivity contribution in [1.29, 1.82) is 0 Å². The van der Waals surface area contributed by atoms with Gasteiger partial charge in [-0.15, -0.1) is 0 Å². The summed E-state index contributed by atoms with van der Waals surface area (Å²) in [6.07, 6.45) is 4.59. The minimum absolute atomic E-state index is 0.153. The number of rotatable bonds is 7. The first-order valence-corrected chi connectivity index (χ1v) is 9.90. The maximum Gasteiger partial charge on any atom is 0.220 e. The zero-order valence-electron chi connectivity index (χ0n) is 16.0. The van der Waals surface area contributed by atoms with Crippen LogP contribution in [0.25, 0.3) is 0 Å². The molecule has 0 bridgehead atoms. The fourth-order valence-corrected chi connectivity index (χ4v) is 3.64. The number of nitrogens with one attached hydrogen (secondary N) is 1. The Morgan fingerprint density at radius 2 is 2.19 bits per heavy atom. The molecule has 6 heteroatoms. The van der Waals surface area contributed by atoms with Crippen molar-refractivity contribution in [2.24, 2.45) is 0 Å². The van der Waals surface area contributed by atoms with Gasteiger partial charge in [0.2, 0.25) is 5.91 Å². The summed E-state index contributed by atoms with van der Waals surface area (Å²) in [5.41, 5.74) is 3.53. The third-order valence-corrected chi connectivity index (χ3v) is 5.23. The molecule has 1 aliphatic carbocycles. The van der Waals surface area contributed by atoms with E-state index in [1.807, 2.05) is 12.1 Å². The molecule has 2 aliphatic rings. The van der Waals surface area contributed by atoms with Crippen molar-refractivity contribution in [3.8, 4) is 5.75 Å².